The van der Waals surface area contributed by atoms with Crippen molar-refractivity contribution in [1.29, 1.82) is 0 Å². The molecule has 2 rings (SSSR count). The fourth-order valence-corrected chi connectivity index (χ4v) is 2.45. The molecule has 5 nitrogen and oxygen atoms in total. The molecule has 1 aliphatic rings. The van der Waals surface area contributed by atoms with Crippen molar-refractivity contribution >= 4 is 11.4 Å². The van der Waals surface area contributed by atoms with Crippen molar-refractivity contribution in [2.45, 2.75) is 48.5 Å². The Kier molecular flexibility index (Phi) is 22.8. The molecule has 1 aromatic carbocycles. The van der Waals surface area contributed by atoms with Crippen LogP contribution in [0.2, 0.25) is 0 Å². The average Bonchev–Trinajstić information content (AvgIpc) is 2.68. The summed E-state index contributed by atoms with van der Waals surface area (Å²) in [6, 6.07) is 8.08. The molecule has 0 amide bonds. The zero-order chi connectivity index (χ0) is 19.2. The van der Waals surface area contributed by atoms with Gasteiger partial charge in [0.05, 0.1) is 11.4 Å². The van der Waals surface area contributed by atoms with Crippen molar-refractivity contribution in [3.63, 3.8) is 0 Å². The first kappa shape index (κ1) is 33.1. The van der Waals surface area contributed by atoms with Crippen LogP contribution in [0.15, 0.2) is 66.4 Å². The molecular formula is C23H44N4O. The maximum atomic E-state index is 6.44. The lowest BCUT2D eigenvalue weighted by atomic mass is 9.97. The molecule has 0 bridgehead atoms. The van der Waals surface area contributed by atoms with Crippen molar-refractivity contribution < 1.29 is 5.48 Å². The lowest BCUT2D eigenvalue weighted by molar-refractivity contribution is 0.777. The fourth-order valence-electron chi connectivity index (χ4n) is 2.45. The highest BCUT2D eigenvalue weighted by atomic mass is 16.0. The summed E-state index contributed by atoms with van der Waals surface area (Å²) in [5.74, 6) is 0. The van der Waals surface area contributed by atoms with Crippen LogP contribution < -0.4 is 22.5 Å². The molecule has 0 saturated heterocycles. The Bertz CT molecular complexity index is 619. The number of nitrogens with two attached hydrogens (primary N) is 1. The van der Waals surface area contributed by atoms with Gasteiger partial charge in [0.15, 0.2) is 0 Å². The van der Waals surface area contributed by atoms with Crippen molar-refractivity contribution in [3.8, 4) is 0 Å². The molecule has 9 N–H and O–H groups in total. The number of fused-ring (bicyclic) bond motifs is 1. The van der Waals surface area contributed by atoms with Crippen LogP contribution >= 0.6 is 0 Å². The van der Waals surface area contributed by atoms with Gasteiger partial charge in [-0.2, -0.15) is 0 Å². The van der Waals surface area contributed by atoms with Crippen molar-refractivity contribution in [3.05, 3.63) is 72.0 Å². The Balaban J connectivity index is -0.000000386. The molecule has 0 aromatic heterocycles. The summed E-state index contributed by atoms with van der Waals surface area (Å²) in [6.07, 6.45) is 4.74. The molecule has 0 aliphatic carbocycles. The van der Waals surface area contributed by atoms with Gasteiger partial charge in [-0.05, 0) is 18.1 Å². The third kappa shape index (κ3) is 8.46. The second-order valence-corrected chi connectivity index (χ2v) is 4.96. The largest absolute Gasteiger partial charge is 0.412 e. The summed E-state index contributed by atoms with van der Waals surface area (Å²) < 4.78 is 0. The van der Waals surface area contributed by atoms with Gasteiger partial charge in [-0.25, -0.2) is 0 Å². The highest BCUT2D eigenvalue weighted by molar-refractivity contribution is 5.80. The van der Waals surface area contributed by atoms with Crippen LogP contribution in [0.3, 0.4) is 0 Å². The van der Waals surface area contributed by atoms with E-state index in [0.29, 0.717) is 6.54 Å². The van der Waals surface area contributed by atoms with Gasteiger partial charge >= 0.3 is 0 Å². The van der Waals surface area contributed by atoms with Gasteiger partial charge in [0, 0.05) is 29.9 Å². The Hall–Kier alpha value is -2.50. The maximum absolute atomic E-state index is 6.44. The number of anilines is 1. The molecule has 1 aromatic rings. The minimum atomic E-state index is 0. The van der Waals surface area contributed by atoms with Gasteiger partial charge in [0.25, 0.3) is 0 Å². The highest BCUT2D eigenvalue weighted by Gasteiger charge is 2.17. The summed E-state index contributed by atoms with van der Waals surface area (Å²) in [7, 11) is 0. The molecule has 0 spiro atoms. The molecule has 162 valence electrons. The Morgan fingerprint density at radius 2 is 1.68 bits per heavy atom. The predicted molar refractivity (Wildman–Crippen MR) is 130 cm³/mol. The maximum Gasteiger partial charge on any atom is 0.0657 e. The third-order valence-corrected chi connectivity index (χ3v) is 3.57. The lowest BCUT2D eigenvalue weighted by Gasteiger charge is -2.23. The summed E-state index contributed by atoms with van der Waals surface area (Å²) >= 11 is 0. The van der Waals surface area contributed by atoms with Gasteiger partial charge in [0.1, 0.15) is 0 Å². The van der Waals surface area contributed by atoms with Gasteiger partial charge in [-0.3, -0.25) is 0 Å². The number of hydrogen-bond acceptors (Lipinski definition) is 4. The summed E-state index contributed by atoms with van der Waals surface area (Å²) in [5, 5.41) is 6.86. The summed E-state index contributed by atoms with van der Waals surface area (Å²) in [5.41, 5.74) is 12.3. The van der Waals surface area contributed by atoms with Crippen LogP contribution in [0.1, 0.15) is 54.0 Å². The first-order valence-electron chi connectivity index (χ1n) is 9.28. The van der Waals surface area contributed by atoms with E-state index < -0.39 is 0 Å². The first-order chi connectivity index (χ1) is 12.2. The predicted octanol–water partition coefficient (Wildman–Crippen LogP) is 5.43. The quantitative estimate of drug-likeness (QED) is 0.534. The first-order valence-corrected chi connectivity index (χ1v) is 9.28. The van der Waals surface area contributed by atoms with E-state index in [9.17, 15) is 0 Å². The van der Waals surface area contributed by atoms with Crippen molar-refractivity contribution in [2.75, 3.05) is 18.4 Å². The molecule has 28 heavy (non-hydrogen) atoms. The molecule has 0 unspecified atom stereocenters. The topological polar surface area (TPSA) is 117 Å². The van der Waals surface area contributed by atoms with Crippen molar-refractivity contribution in [2.24, 2.45) is 5.73 Å². The average molecular weight is 393 g/mol. The number of hydrogen-bond donors (Lipinski definition) is 4. The molecule has 1 heterocycles. The summed E-state index contributed by atoms with van der Waals surface area (Å²) in [4.78, 5) is 0. The van der Waals surface area contributed by atoms with Crippen LogP contribution in [0, 0.1) is 0 Å². The van der Waals surface area contributed by atoms with Crippen LogP contribution in [0.4, 0.5) is 5.69 Å². The van der Waals surface area contributed by atoms with Gasteiger partial charge in [-0.1, -0.05) is 85.6 Å². The number of benzene rings is 1. The van der Waals surface area contributed by atoms with E-state index in [2.05, 4.69) is 30.7 Å². The normalized spacial score (nSPS) is 16.6. The van der Waals surface area contributed by atoms with E-state index in [4.69, 9.17) is 5.73 Å². The Morgan fingerprint density at radius 1 is 1.11 bits per heavy atom. The van der Waals surface area contributed by atoms with E-state index in [1.807, 2.05) is 64.1 Å². The van der Waals surface area contributed by atoms with Gasteiger partial charge in [-0.15, -0.1) is 0 Å². The van der Waals surface area contributed by atoms with E-state index in [0.717, 1.165) is 46.8 Å². The van der Waals surface area contributed by atoms with E-state index in [-0.39, 0.29) is 19.1 Å². The van der Waals surface area contributed by atoms with Crippen LogP contribution in [-0.4, -0.2) is 18.6 Å². The molecule has 5 heteroatoms. The molecule has 0 atom stereocenters. The Labute approximate surface area is 173 Å². The molecular weight excluding hydrogens is 348 g/mol. The molecule has 0 radical (unpaired) electrons. The van der Waals surface area contributed by atoms with E-state index in [1.54, 1.807) is 0 Å². The minimum absolute atomic E-state index is 0. The van der Waals surface area contributed by atoms with Crippen molar-refractivity contribution in [1.82, 2.24) is 11.5 Å². The number of nitrogens with one attached hydrogen (secondary N) is 2. The number of rotatable bonds is 5. The third-order valence-electron chi connectivity index (χ3n) is 3.57. The monoisotopic (exact) mass is 392 g/mol. The lowest BCUT2D eigenvalue weighted by Crippen LogP contribution is -2.23. The SMILES string of the molecule is C.C=C/C1=C(C=C)/C(NCCC)=C(/N)c2ccccc2NC1.CC.CC.N.O. The zero-order valence-electron chi connectivity index (χ0n) is 17.8. The minimum Gasteiger partial charge on any atom is -0.412 e. The second-order valence-electron chi connectivity index (χ2n) is 4.96. The van der Waals surface area contributed by atoms with Crippen LogP contribution in [-0.2, 0) is 0 Å². The van der Waals surface area contributed by atoms with Crippen LogP contribution in [0.25, 0.3) is 5.70 Å². The number of para-hydroxylation sites is 1. The standard InChI is InChI=1S/C18H23N3.2C2H6.CH4.H3N.H2O/c1-4-11-20-18-14(6-3)13(5-2)12-21-16-10-8-7-9-15(16)17(18)19;2*1-2;;;/h5-10,20-21H,2-4,11-12,19H2,1H3;2*1-2H3;1H4;1H3;1H2/b14-13-,18-17-;;;;;. The highest BCUT2D eigenvalue weighted by Crippen LogP contribution is 2.29. The fraction of sp³-hybridized carbons (Fsp3) is 0.391. The smallest absolute Gasteiger partial charge is 0.0657 e. The van der Waals surface area contributed by atoms with Gasteiger partial charge < -0.3 is 28.0 Å². The zero-order valence-corrected chi connectivity index (χ0v) is 17.8. The summed E-state index contributed by atoms with van der Waals surface area (Å²) in [6.45, 7) is 19.6. The molecule has 0 fully saturated rings. The second kappa shape index (κ2) is 19.3. The Morgan fingerprint density at radius 3 is 2.18 bits per heavy atom. The van der Waals surface area contributed by atoms with E-state index in [1.165, 1.54) is 0 Å². The van der Waals surface area contributed by atoms with Crippen LogP contribution in [0.5, 0.6) is 0 Å². The molecule has 0 saturated carbocycles. The molecule has 1 aliphatic heterocycles. The van der Waals surface area contributed by atoms with E-state index >= 15 is 0 Å². The number of allylic oxidation sites excluding steroid dienone is 1. The van der Waals surface area contributed by atoms with Gasteiger partial charge in [0.2, 0.25) is 0 Å².